The van der Waals surface area contributed by atoms with Gasteiger partial charge in [0.25, 0.3) is 0 Å². The van der Waals surface area contributed by atoms with Crippen LogP contribution in [0.2, 0.25) is 0 Å². The van der Waals surface area contributed by atoms with Crippen molar-refractivity contribution in [3.05, 3.63) is 34.3 Å². The Labute approximate surface area is 87.9 Å². The zero-order valence-electron chi connectivity index (χ0n) is 7.81. The lowest BCUT2D eigenvalue weighted by Gasteiger charge is -2.03. The second-order valence-corrected chi connectivity index (χ2v) is 3.83. The van der Waals surface area contributed by atoms with Crippen molar-refractivity contribution in [2.75, 3.05) is 20.3 Å². The van der Waals surface area contributed by atoms with E-state index >= 15 is 0 Å². The standard InChI is InChI=1S/C10H15BrN2/c1-12-8-13-6-5-9-3-2-4-10(11)7-9/h2-4,7,12-13H,5-6,8H2,1H3. The summed E-state index contributed by atoms with van der Waals surface area (Å²) < 4.78 is 1.15. The molecule has 0 aliphatic carbocycles. The minimum atomic E-state index is 0.869. The first-order valence-electron chi connectivity index (χ1n) is 4.42. The summed E-state index contributed by atoms with van der Waals surface area (Å²) in [5.41, 5.74) is 1.36. The van der Waals surface area contributed by atoms with Crippen LogP contribution in [0.1, 0.15) is 5.56 Å². The molecule has 72 valence electrons. The number of halogens is 1. The van der Waals surface area contributed by atoms with Crippen molar-refractivity contribution in [3.63, 3.8) is 0 Å². The highest BCUT2D eigenvalue weighted by molar-refractivity contribution is 9.10. The Balaban J connectivity index is 2.28. The first-order chi connectivity index (χ1) is 6.33. The summed E-state index contributed by atoms with van der Waals surface area (Å²) in [4.78, 5) is 0. The topological polar surface area (TPSA) is 24.1 Å². The molecule has 0 bridgehead atoms. The highest BCUT2D eigenvalue weighted by Gasteiger charge is 1.92. The molecule has 0 aromatic heterocycles. The van der Waals surface area contributed by atoms with Gasteiger partial charge in [-0.25, -0.2) is 0 Å². The van der Waals surface area contributed by atoms with Gasteiger partial charge >= 0.3 is 0 Å². The van der Waals surface area contributed by atoms with E-state index in [0.29, 0.717) is 0 Å². The molecule has 0 atom stereocenters. The van der Waals surface area contributed by atoms with E-state index < -0.39 is 0 Å². The predicted molar refractivity (Wildman–Crippen MR) is 59.8 cm³/mol. The fourth-order valence-corrected chi connectivity index (χ4v) is 1.59. The van der Waals surface area contributed by atoms with Gasteiger partial charge in [0.05, 0.1) is 0 Å². The quantitative estimate of drug-likeness (QED) is 0.608. The van der Waals surface area contributed by atoms with Gasteiger partial charge in [-0.3, -0.25) is 0 Å². The maximum atomic E-state index is 3.45. The molecule has 0 saturated heterocycles. The molecular weight excluding hydrogens is 228 g/mol. The zero-order valence-corrected chi connectivity index (χ0v) is 9.39. The lowest BCUT2D eigenvalue weighted by Crippen LogP contribution is -2.27. The summed E-state index contributed by atoms with van der Waals surface area (Å²) in [6.07, 6.45) is 1.07. The third-order valence-electron chi connectivity index (χ3n) is 1.78. The second kappa shape index (κ2) is 6.13. The summed E-state index contributed by atoms with van der Waals surface area (Å²) in [5.74, 6) is 0. The van der Waals surface area contributed by atoms with Gasteiger partial charge in [-0.2, -0.15) is 0 Å². The molecule has 0 aliphatic heterocycles. The van der Waals surface area contributed by atoms with Crippen molar-refractivity contribution in [3.8, 4) is 0 Å². The van der Waals surface area contributed by atoms with Crippen LogP contribution in [-0.2, 0) is 6.42 Å². The number of hydrogen-bond acceptors (Lipinski definition) is 2. The third-order valence-corrected chi connectivity index (χ3v) is 2.27. The van der Waals surface area contributed by atoms with Crippen LogP contribution < -0.4 is 10.6 Å². The van der Waals surface area contributed by atoms with E-state index in [1.54, 1.807) is 0 Å². The van der Waals surface area contributed by atoms with E-state index in [4.69, 9.17) is 0 Å². The number of rotatable bonds is 5. The fraction of sp³-hybridized carbons (Fsp3) is 0.400. The van der Waals surface area contributed by atoms with Crippen molar-refractivity contribution in [2.45, 2.75) is 6.42 Å². The molecule has 0 amide bonds. The zero-order chi connectivity index (χ0) is 9.52. The number of benzene rings is 1. The van der Waals surface area contributed by atoms with E-state index in [0.717, 1.165) is 24.1 Å². The lowest BCUT2D eigenvalue weighted by molar-refractivity contribution is 0.631. The Morgan fingerprint density at radius 1 is 1.38 bits per heavy atom. The average molecular weight is 243 g/mol. The van der Waals surface area contributed by atoms with E-state index in [1.165, 1.54) is 5.56 Å². The van der Waals surface area contributed by atoms with Gasteiger partial charge in [-0.05, 0) is 31.2 Å². The van der Waals surface area contributed by atoms with Crippen LogP contribution in [0.3, 0.4) is 0 Å². The van der Waals surface area contributed by atoms with Crippen LogP contribution in [0, 0.1) is 0 Å². The molecule has 0 fully saturated rings. The molecule has 1 rings (SSSR count). The van der Waals surface area contributed by atoms with E-state index in [-0.39, 0.29) is 0 Å². The summed E-state index contributed by atoms with van der Waals surface area (Å²) in [6, 6.07) is 8.41. The largest absolute Gasteiger partial charge is 0.308 e. The minimum absolute atomic E-state index is 0.869. The van der Waals surface area contributed by atoms with E-state index in [1.807, 2.05) is 13.1 Å². The normalized spacial score (nSPS) is 10.3. The highest BCUT2D eigenvalue weighted by Crippen LogP contribution is 2.11. The molecule has 0 radical (unpaired) electrons. The summed E-state index contributed by atoms with van der Waals surface area (Å²) >= 11 is 3.45. The first kappa shape index (κ1) is 10.7. The molecule has 1 aromatic rings. The molecule has 0 saturated carbocycles. The second-order valence-electron chi connectivity index (χ2n) is 2.91. The lowest BCUT2D eigenvalue weighted by atomic mass is 10.1. The van der Waals surface area contributed by atoms with Crippen molar-refractivity contribution in [1.82, 2.24) is 10.6 Å². The van der Waals surface area contributed by atoms with Gasteiger partial charge in [0.15, 0.2) is 0 Å². The summed E-state index contributed by atoms with van der Waals surface area (Å²) in [7, 11) is 1.94. The van der Waals surface area contributed by atoms with Crippen LogP contribution in [0.15, 0.2) is 28.7 Å². The molecular formula is C10H15BrN2. The Hall–Kier alpha value is -0.380. The van der Waals surface area contributed by atoms with Crippen LogP contribution in [0.4, 0.5) is 0 Å². The molecule has 13 heavy (non-hydrogen) atoms. The van der Waals surface area contributed by atoms with E-state index in [9.17, 15) is 0 Å². The monoisotopic (exact) mass is 242 g/mol. The number of nitrogens with one attached hydrogen (secondary N) is 2. The molecule has 0 heterocycles. The Morgan fingerprint density at radius 2 is 2.23 bits per heavy atom. The van der Waals surface area contributed by atoms with Gasteiger partial charge in [0, 0.05) is 17.7 Å². The van der Waals surface area contributed by atoms with Gasteiger partial charge in [-0.15, -0.1) is 0 Å². The maximum absolute atomic E-state index is 3.45. The van der Waals surface area contributed by atoms with E-state index in [2.05, 4.69) is 44.8 Å². The average Bonchev–Trinajstić information content (AvgIpc) is 2.13. The molecule has 0 spiro atoms. The van der Waals surface area contributed by atoms with Crippen molar-refractivity contribution < 1.29 is 0 Å². The molecule has 2 N–H and O–H groups in total. The third kappa shape index (κ3) is 4.41. The predicted octanol–water partition coefficient (Wildman–Crippen LogP) is 1.76. The van der Waals surface area contributed by atoms with Gasteiger partial charge < -0.3 is 10.6 Å². The molecule has 2 nitrogen and oxygen atoms in total. The van der Waals surface area contributed by atoms with Gasteiger partial charge in [-0.1, -0.05) is 28.1 Å². The van der Waals surface area contributed by atoms with Crippen molar-refractivity contribution >= 4 is 15.9 Å². The SMILES string of the molecule is CNCNCCc1cccc(Br)c1. The first-order valence-corrected chi connectivity index (χ1v) is 5.22. The van der Waals surface area contributed by atoms with Crippen LogP contribution in [0.5, 0.6) is 0 Å². The maximum Gasteiger partial charge on any atom is 0.0451 e. The molecule has 0 aliphatic rings. The van der Waals surface area contributed by atoms with Crippen molar-refractivity contribution in [2.24, 2.45) is 0 Å². The summed E-state index contributed by atoms with van der Waals surface area (Å²) in [5, 5.41) is 6.32. The Bertz CT molecular complexity index is 250. The molecule has 3 heteroatoms. The summed E-state index contributed by atoms with van der Waals surface area (Å²) in [6.45, 7) is 1.88. The number of hydrogen-bond donors (Lipinski definition) is 2. The van der Waals surface area contributed by atoms with Gasteiger partial charge in [0.2, 0.25) is 0 Å². The van der Waals surface area contributed by atoms with Crippen LogP contribution >= 0.6 is 15.9 Å². The smallest absolute Gasteiger partial charge is 0.0451 e. The Morgan fingerprint density at radius 3 is 2.92 bits per heavy atom. The van der Waals surface area contributed by atoms with Crippen LogP contribution in [-0.4, -0.2) is 20.3 Å². The minimum Gasteiger partial charge on any atom is -0.308 e. The molecule has 1 aromatic carbocycles. The van der Waals surface area contributed by atoms with Gasteiger partial charge in [0.1, 0.15) is 0 Å². The van der Waals surface area contributed by atoms with Crippen LogP contribution in [0.25, 0.3) is 0 Å². The van der Waals surface area contributed by atoms with Crippen molar-refractivity contribution in [1.29, 1.82) is 0 Å². The highest BCUT2D eigenvalue weighted by atomic mass is 79.9. The fourth-order valence-electron chi connectivity index (χ4n) is 1.14. The Kier molecular flexibility index (Phi) is 5.05. The molecule has 0 unspecified atom stereocenters.